The zero-order valence-electron chi connectivity index (χ0n) is 9.80. The van der Waals surface area contributed by atoms with Crippen molar-refractivity contribution in [1.82, 2.24) is 0 Å². The predicted octanol–water partition coefficient (Wildman–Crippen LogP) is 3.70. The van der Waals surface area contributed by atoms with Crippen LogP contribution in [0.1, 0.15) is 18.4 Å². The Morgan fingerprint density at radius 1 is 1.39 bits per heavy atom. The summed E-state index contributed by atoms with van der Waals surface area (Å²) in [5.41, 5.74) is 0.761. The molecule has 1 rings (SSSR count). The Morgan fingerprint density at radius 3 is 2.56 bits per heavy atom. The topological polar surface area (TPSA) is 29.5 Å². The Morgan fingerprint density at radius 2 is 2.06 bits per heavy atom. The highest BCUT2D eigenvalue weighted by atomic mass is 79.9. The predicted molar refractivity (Wildman–Crippen MR) is 65.7 cm³/mol. The van der Waals surface area contributed by atoms with Gasteiger partial charge < -0.3 is 9.84 Å². The third kappa shape index (κ3) is 5.27. The van der Waals surface area contributed by atoms with Crippen molar-refractivity contribution in [2.24, 2.45) is 0 Å². The molecule has 1 aromatic rings. The van der Waals surface area contributed by atoms with E-state index in [-0.39, 0.29) is 12.8 Å². The Kier molecular flexibility index (Phi) is 5.47. The number of aliphatic hydroxyl groups excluding tert-OH is 1. The van der Waals surface area contributed by atoms with Crippen LogP contribution in [0.2, 0.25) is 0 Å². The summed E-state index contributed by atoms with van der Waals surface area (Å²) in [5.74, 6) is 0.642. The highest BCUT2D eigenvalue weighted by Gasteiger charge is 2.27. The molecule has 0 saturated carbocycles. The molecule has 0 spiro atoms. The lowest BCUT2D eigenvalue weighted by Gasteiger charge is -2.13. The third-order valence-corrected chi connectivity index (χ3v) is 3.07. The second-order valence-electron chi connectivity index (χ2n) is 3.98. The quantitative estimate of drug-likeness (QED) is 0.893. The van der Waals surface area contributed by atoms with Crippen molar-refractivity contribution in [2.75, 3.05) is 7.11 Å². The van der Waals surface area contributed by atoms with Gasteiger partial charge in [0.15, 0.2) is 0 Å². The van der Waals surface area contributed by atoms with Gasteiger partial charge in [0.1, 0.15) is 5.75 Å². The van der Waals surface area contributed by atoms with E-state index in [1.165, 1.54) is 7.11 Å². The molecular weight excluding hydrogens is 313 g/mol. The lowest BCUT2D eigenvalue weighted by molar-refractivity contribution is -0.139. The first-order valence-corrected chi connectivity index (χ1v) is 6.18. The van der Waals surface area contributed by atoms with E-state index in [9.17, 15) is 18.3 Å². The molecule has 1 unspecified atom stereocenters. The molecule has 2 nitrogen and oxygen atoms in total. The summed E-state index contributed by atoms with van der Waals surface area (Å²) in [6, 6.07) is 5.16. The zero-order chi connectivity index (χ0) is 13.8. The maximum atomic E-state index is 12.0. The fraction of sp³-hybridized carbons (Fsp3) is 0.500. The van der Waals surface area contributed by atoms with Crippen LogP contribution in [0.15, 0.2) is 22.7 Å². The molecule has 6 heteroatoms. The van der Waals surface area contributed by atoms with Crippen molar-refractivity contribution < 1.29 is 23.0 Å². The molecule has 1 aromatic carbocycles. The van der Waals surface area contributed by atoms with Crippen molar-refractivity contribution in [1.29, 1.82) is 0 Å². The minimum Gasteiger partial charge on any atom is -0.496 e. The molecule has 102 valence electrons. The number of rotatable bonds is 5. The molecule has 0 aromatic heterocycles. The van der Waals surface area contributed by atoms with Gasteiger partial charge in [0.25, 0.3) is 0 Å². The molecule has 0 saturated heterocycles. The lowest BCUT2D eigenvalue weighted by atomic mass is 10.0. The van der Waals surface area contributed by atoms with Crippen LogP contribution < -0.4 is 4.74 Å². The van der Waals surface area contributed by atoms with Crippen LogP contribution in [0.5, 0.6) is 5.75 Å². The summed E-state index contributed by atoms with van der Waals surface area (Å²) in [6.45, 7) is 0. The van der Waals surface area contributed by atoms with Crippen molar-refractivity contribution >= 4 is 15.9 Å². The Bertz CT molecular complexity index is 393. The number of halogens is 4. The monoisotopic (exact) mass is 326 g/mol. The standard InChI is InChI=1S/C12H14BrF3O2/c1-18-11-3-2-8(7-10(11)13)6-9(17)4-5-12(14,15)16/h2-3,7,9,17H,4-6H2,1H3. The molecule has 0 radical (unpaired) electrons. The van der Waals surface area contributed by atoms with Crippen LogP contribution in [0.25, 0.3) is 0 Å². The van der Waals surface area contributed by atoms with Gasteiger partial charge in [0.05, 0.1) is 17.7 Å². The smallest absolute Gasteiger partial charge is 0.389 e. The summed E-state index contributed by atoms with van der Waals surface area (Å²) in [6.07, 6.45) is -6.27. The number of hydrogen-bond donors (Lipinski definition) is 1. The average Bonchev–Trinajstić information content (AvgIpc) is 2.26. The minimum absolute atomic E-state index is 0.193. The van der Waals surface area contributed by atoms with Gasteiger partial charge in [0.2, 0.25) is 0 Å². The van der Waals surface area contributed by atoms with Crippen LogP contribution in [-0.2, 0) is 6.42 Å². The first-order valence-electron chi connectivity index (χ1n) is 5.39. The van der Waals surface area contributed by atoms with E-state index in [4.69, 9.17) is 4.74 Å². The fourth-order valence-electron chi connectivity index (χ4n) is 1.54. The van der Waals surface area contributed by atoms with Crippen LogP contribution in [-0.4, -0.2) is 24.5 Å². The van der Waals surface area contributed by atoms with Gasteiger partial charge in [0, 0.05) is 6.42 Å². The van der Waals surface area contributed by atoms with Gasteiger partial charge >= 0.3 is 6.18 Å². The molecule has 0 amide bonds. The van der Waals surface area contributed by atoms with E-state index < -0.39 is 18.7 Å². The molecular formula is C12H14BrF3O2. The number of benzene rings is 1. The molecule has 0 aliphatic rings. The summed E-state index contributed by atoms with van der Waals surface area (Å²) < 4.78 is 41.7. The molecule has 0 heterocycles. The van der Waals surface area contributed by atoms with Gasteiger partial charge in [-0.15, -0.1) is 0 Å². The van der Waals surface area contributed by atoms with E-state index in [1.54, 1.807) is 18.2 Å². The van der Waals surface area contributed by atoms with Gasteiger partial charge in [-0.3, -0.25) is 0 Å². The summed E-state index contributed by atoms with van der Waals surface area (Å²) in [5, 5.41) is 9.54. The number of ether oxygens (including phenoxy) is 1. The van der Waals surface area contributed by atoms with Crippen LogP contribution in [0.4, 0.5) is 13.2 Å². The zero-order valence-corrected chi connectivity index (χ0v) is 11.4. The first kappa shape index (κ1) is 15.3. The van der Waals surface area contributed by atoms with E-state index in [0.717, 1.165) is 5.56 Å². The van der Waals surface area contributed by atoms with E-state index in [0.29, 0.717) is 10.2 Å². The largest absolute Gasteiger partial charge is 0.496 e. The van der Waals surface area contributed by atoms with Crippen molar-refractivity contribution in [2.45, 2.75) is 31.5 Å². The summed E-state index contributed by atoms with van der Waals surface area (Å²) >= 11 is 3.28. The fourth-order valence-corrected chi connectivity index (χ4v) is 2.13. The molecule has 0 fully saturated rings. The van der Waals surface area contributed by atoms with Crippen LogP contribution in [0, 0.1) is 0 Å². The average molecular weight is 327 g/mol. The Labute approximate surface area is 112 Å². The van der Waals surface area contributed by atoms with Crippen LogP contribution >= 0.6 is 15.9 Å². The first-order chi connectivity index (χ1) is 8.31. The SMILES string of the molecule is COc1ccc(CC(O)CCC(F)(F)F)cc1Br. The second-order valence-corrected chi connectivity index (χ2v) is 4.84. The number of alkyl halides is 3. The summed E-state index contributed by atoms with van der Waals surface area (Å²) in [4.78, 5) is 0. The van der Waals surface area contributed by atoms with Gasteiger partial charge in [-0.2, -0.15) is 13.2 Å². The second kappa shape index (κ2) is 6.43. The molecule has 1 atom stereocenters. The van der Waals surface area contributed by atoms with E-state index >= 15 is 0 Å². The normalized spacial score (nSPS) is 13.4. The van der Waals surface area contributed by atoms with Crippen molar-refractivity contribution in [3.8, 4) is 5.75 Å². The van der Waals surface area contributed by atoms with Crippen molar-refractivity contribution in [3.63, 3.8) is 0 Å². The Hall–Kier alpha value is -0.750. The molecule has 0 bridgehead atoms. The third-order valence-electron chi connectivity index (χ3n) is 2.45. The van der Waals surface area contributed by atoms with E-state index in [2.05, 4.69) is 15.9 Å². The molecule has 1 N–H and O–H groups in total. The highest BCUT2D eigenvalue weighted by Crippen LogP contribution is 2.27. The summed E-state index contributed by atoms with van der Waals surface area (Å²) in [7, 11) is 1.53. The molecule has 0 aliphatic carbocycles. The van der Waals surface area contributed by atoms with Gasteiger partial charge in [-0.1, -0.05) is 6.07 Å². The van der Waals surface area contributed by atoms with Crippen molar-refractivity contribution in [3.05, 3.63) is 28.2 Å². The van der Waals surface area contributed by atoms with Crippen LogP contribution in [0.3, 0.4) is 0 Å². The molecule has 18 heavy (non-hydrogen) atoms. The molecule has 0 aliphatic heterocycles. The number of hydrogen-bond acceptors (Lipinski definition) is 2. The van der Waals surface area contributed by atoms with Gasteiger partial charge in [-0.25, -0.2) is 0 Å². The minimum atomic E-state index is -4.22. The van der Waals surface area contributed by atoms with E-state index in [1.807, 2.05) is 0 Å². The maximum absolute atomic E-state index is 12.0. The number of aliphatic hydroxyl groups is 1. The lowest BCUT2D eigenvalue weighted by Crippen LogP contribution is -2.16. The van der Waals surface area contributed by atoms with Gasteiger partial charge in [-0.05, 0) is 46.5 Å². The Balaban J connectivity index is 2.54. The highest BCUT2D eigenvalue weighted by molar-refractivity contribution is 9.10. The number of methoxy groups -OCH3 is 1. The maximum Gasteiger partial charge on any atom is 0.389 e.